The highest BCUT2D eigenvalue weighted by atomic mass is 32.2. The fraction of sp³-hybridized carbons (Fsp3) is 0.208. The number of ether oxygens (including phenoxy) is 2. The molecule has 0 aromatic heterocycles. The molecule has 0 radical (unpaired) electrons. The zero-order valence-corrected chi connectivity index (χ0v) is 19.2. The monoisotopic (exact) mass is 454 g/mol. The number of amides is 1. The first-order valence-corrected chi connectivity index (χ1v) is 11.4. The van der Waals surface area contributed by atoms with E-state index in [2.05, 4.69) is 5.32 Å². The number of carbonyl (C=O) groups is 1. The van der Waals surface area contributed by atoms with Gasteiger partial charge in [0.25, 0.3) is 15.9 Å². The molecule has 0 fully saturated rings. The highest BCUT2D eigenvalue weighted by molar-refractivity contribution is 7.92. The Morgan fingerprint density at radius 2 is 1.59 bits per heavy atom. The van der Waals surface area contributed by atoms with Crippen LogP contribution in [0.15, 0.2) is 77.7 Å². The summed E-state index contributed by atoms with van der Waals surface area (Å²) in [6.07, 6.45) is 0. The lowest BCUT2D eigenvalue weighted by Crippen LogP contribution is -2.28. The number of para-hydroxylation sites is 1. The van der Waals surface area contributed by atoms with E-state index in [1.165, 1.54) is 35.6 Å². The molecule has 0 saturated heterocycles. The topological polar surface area (TPSA) is 84.9 Å². The molecule has 3 rings (SSSR count). The average molecular weight is 455 g/mol. The highest BCUT2D eigenvalue weighted by Gasteiger charge is 2.22. The Hall–Kier alpha value is -3.52. The number of carbonyl (C=O) groups excluding carboxylic acids is 1. The fourth-order valence-corrected chi connectivity index (χ4v) is 4.44. The highest BCUT2D eigenvalue weighted by Crippen LogP contribution is 2.29. The van der Waals surface area contributed by atoms with Gasteiger partial charge in [0.15, 0.2) is 0 Å². The number of methoxy groups -OCH3 is 2. The molecule has 168 valence electrons. The Balaban J connectivity index is 1.77. The number of nitrogens with zero attached hydrogens (tertiary/aromatic N) is 1. The second-order valence-electron chi connectivity index (χ2n) is 7.14. The van der Waals surface area contributed by atoms with Gasteiger partial charge in [0.2, 0.25) is 0 Å². The van der Waals surface area contributed by atoms with Crippen LogP contribution >= 0.6 is 0 Å². The summed E-state index contributed by atoms with van der Waals surface area (Å²) in [7, 11) is 0.879. The van der Waals surface area contributed by atoms with Crippen molar-refractivity contribution in [3.8, 4) is 11.5 Å². The maximum absolute atomic E-state index is 12.9. The number of benzene rings is 3. The molecule has 1 amide bonds. The van der Waals surface area contributed by atoms with Crippen molar-refractivity contribution in [2.24, 2.45) is 0 Å². The third-order valence-corrected chi connectivity index (χ3v) is 6.95. The van der Waals surface area contributed by atoms with Crippen molar-refractivity contribution in [2.45, 2.75) is 17.9 Å². The van der Waals surface area contributed by atoms with Crippen LogP contribution in [0.5, 0.6) is 11.5 Å². The molecule has 3 aromatic rings. The van der Waals surface area contributed by atoms with Crippen LogP contribution in [0.1, 0.15) is 28.9 Å². The Morgan fingerprint density at radius 3 is 2.19 bits per heavy atom. The average Bonchev–Trinajstić information content (AvgIpc) is 2.83. The van der Waals surface area contributed by atoms with Gasteiger partial charge in [0.1, 0.15) is 11.5 Å². The van der Waals surface area contributed by atoms with Gasteiger partial charge in [0.05, 0.1) is 30.8 Å². The smallest absolute Gasteiger partial charge is 0.264 e. The second kappa shape index (κ2) is 9.74. The van der Waals surface area contributed by atoms with Crippen molar-refractivity contribution in [1.82, 2.24) is 5.32 Å². The third kappa shape index (κ3) is 4.86. The molecular weight excluding hydrogens is 428 g/mol. The molecule has 0 spiro atoms. The zero-order valence-electron chi connectivity index (χ0n) is 18.4. The van der Waals surface area contributed by atoms with Crippen molar-refractivity contribution in [1.29, 1.82) is 0 Å². The lowest BCUT2D eigenvalue weighted by atomic mass is 10.1. The van der Waals surface area contributed by atoms with Gasteiger partial charge < -0.3 is 14.8 Å². The number of hydrogen-bond donors (Lipinski definition) is 1. The van der Waals surface area contributed by atoms with Crippen LogP contribution in [0.2, 0.25) is 0 Å². The number of sulfonamides is 1. The van der Waals surface area contributed by atoms with Crippen molar-refractivity contribution >= 4 is 21.6 Å². The van der Waals surface area contributed by atoms with E-state index in [9.17, 15) is 13.2 Å². The van der Waals surface area contributed by atoms with Crippen molar-refractivity contribution < 1.29 is 22.7 Å². The summed E-state index contributed by atoms with van der Waals surface area (Å²) in [4.78, 5) is 12.9. The Bertz CT molecular complexity index is 1180. The lowest BCUT2D eigenvalue weighted by Gasteiger charge is -2.20. The van der Waals surface area contributed by atoms with Gasteiger partial charge in [-0.05, 0) is 61.5 Å². The van der Waals surface area contributed by atoms with E-state index in [4.69, 9.17) is 9.47 Å². The molecular formula is C24H26N2O5S. The molecule has 8 heteroatoms. The first kappa shape index (κ1) is 23.1. The summed E-state index contributed by atoms with van der Waals surface area (Å²) in [5.41, 5.74) is 1.67. The Kier molecular flexibility index (Phi) is 7.05. The van der Waals surface area contributed by atoms with E-state index in [-0.39, 0.29) is 16.8 Å². The predicted octanol–water partition coefficient (Wildman–Crippen LogP) is 4.02. The maximum Gasteiger partial charge on any atom is 0.264 e. The largest absolute Gasteiger partial charge is 0.497 e. The first-order valence-electron chi connectivity index (χ1n) is 9.94. The van der Waals surface area contributed by atoms with Crippen molar-refractivity contribution in [2.75, 3.05) is 25.6 Å². The van der Waals surface area contributed by atoms with Crippen LogP contribution in [-0.4, -0.2) is 35.6 Å². The van der Waals surface area contributed by atoms with Crippen LogP contribution < -0.4 is 19.1 Å². The number of hydrogen-bond acceptors (Lipinski definition) is 5. The van der Waals surface area contributed by atoms with Gasteiger partial charge in [-0.15, -0.1) is 0 Å². The molecule has 0 aliphatic heterocycles. The Morgan fingerprint density at radius 1 is 0.938 bits per heavy atom. The number of rotatable bonds is 8. The summed E-state index contributed by atoms with van der Waals surface area (Å²) < 4.78 is 37.7. The van der Waals surface area contributed by atoms with Gasteiger partial charge in [0, 0.05) is 18.2 Å². The van der Waals surface area contributed by atoms with E-state index in [0.717, 1.165) is 5.56 Å². The van der Waals surface area contributed by atoms with Crippen molar-refractivity contribution in [3.05, 3.63) is 83.9 Å². The van der Waals surface area contributed by atoms with E-state index in [1.54, 1.807) is 56.7 Å². The van der Waals surface area contributed by atoms with E-state index in [0.29, 0.717) is 22.7 Å². The minimum absolute atomic E-state index is 0.0999. The molecule has 0 aliphatic rings. The van der Waals surface area contributed by atoms with Gasteiger partial charge >= 0.3 is 0 Å². The molecule has 7 nitrogen and oxygen atoms in total. The second-order valence-corrected chi connectivity index (χ2v) is 9.10. The molecule has 3 aromatic carbocycles. The normalized spacial score (nSPS) is 12.0. The van der Waals surface area contributed by atoms with Gasteiger partial charge in [-0.25, -0.2) is 8.42 Å². The number of nitrogens with one attached hydrogen (secondary N) is 1. The van der Waals surface area contributed by atoms with Gasteiger partial charge in [-0.3, -0.25) is 9.10 Å². The molecule has 0 heterocycles. The van der Waals surface area contributed by atoms with Crippen molar-refractivity contribution in [3.63, 3.8) is 0 Å². The van der Waals surface area contributed by atoms with Crippen LogP contribution in [0.4, 0.5) is 5.69 Å². The molecule has 32 heavy (non-hydrogen) atoms. The van der Waals surface area contributed by atoms with E-state index < -0.39 is 10.0 Å². The quantitative estimate of drug-likeness (QED) is 0.556. The van der Waals surface area contributed by atoms with Crippen LogP contribution in [0.3, 0.4) is 0 Å². The molecule has 1 atom stereocenters. The molecule has 1 N–H and O–H groups in total. The summed E-state index contributed by atoms with van der Waals surface area (Å²) >= 11 is 0. The fourth-order valence-electron chi connectivity index (χ4n) is 3.25. The van der Waals surface area contributed by atoms with E-state index in [1.807, 2.05) is 13.0 Å². The SMILES string of the molecule is COc1ccc(OC)c(C(C)NC(=O)c2ccc(S(=O)(=O)N(C)c3ccccc3)cc2)c1. The standard InChI is InChI=1S/C24H26N2O5S/c1-17(22-16-20(30-3)12-15-23(22)31-4)25-24(27)18-10-13-21(14-11-18)32(28,29)26(2)19-8-6-5-7-9-19/h5-17H,1-4H3,(H,25,27). The Labute approximate surface area is 188 Å². The van der Waals surface area contributed by atoms with Crippen LogP contribution in [0, 0.1) is 0 Å². The minimum atomic E-state index is -3.75. The van der Waals surface area contributed by atoms with Gasteiger partial charge in [-0.2, -0.15) is 0 Å². The maximum atomic E-state index is 12.9. The molecule has 0 aliphatic carbocycles. The predicted molar refractivity (Wildman–Crippen MR) is 124 cm³/mol. The summed E-state index contributed by atoms with van der Waals surface area (Å²) in [6, 6.07) is 19.6. The summed E-state index contributed by atoms with van der Waals surface area (Å²) in [5, 5.41) is 2.91. The lowest BCUT2D eigenvalue weighted by molar-refractivity contribution is 0.0939. The molecule has 1 unspecified atom stereocenters. The first-order chi connectivity index (χ1) is 15.3. The summed E-state index contributed by atoms with van der Waals surface area (Å²) in [5.74, 6) is 0.950. The van der Waals surface area contributed by atoms with Crippen LogP contribution in [0.25, 0.3) is 0 Å². The zero-order chi connectivity index (χ0) is 23.3. The minimum Gasteiger partial charge on any atom is -0.497 e. The van der Waals surface area contributed by atoms with E-state index >= 15 is 0 Å². The number of anilines is 1. The molecule has 0 bridgehead atoms. The summed E-state index contributed by atoms with van der Waals surface area (Å²) in [6.45, 7) is 1.84. The molecule has 0 saturated carbocycles. The third-order valence-electron chi connectivity index (χ3n) is 5.15. The van der Waals surface area contributed by atoms with Gasteiger partial charge in [-0.1, -0.05) is 18.2 Å². The van der Waals surface area contributed by atoms with Crippen LogP contribution in [-0.2, 0) is 10.0 Å².